The van der Waals surface area contributed by atoms with Crippen molar-refractivity contribution in [2.45, 2.75) is 26.7 Å². The van der Waals surface area contributed by atoms with Gasteiger partial charge >= 0.3 is 5.97 Å². The molecule has 2 rings (SSSR count). The summed E-state index contributed by atoms with van der Waals surface area (Å²) in [5.74, 6) is -1.01. The number of carbonyl (C=O) groups is 2. The summed E-state index contributed by atoms with van der Waals surface area (Å²) in [6, 6.07) is 9.19. The fourth-order valence-corrected chi connectivity index (χ4v) is 2.45. The first-order valence-electron chi connectivity index (χ1n) is 8.57. The molecule has 0 spiro atoms. The Morgan fingerprint density at radius 1 is 1.03 bits per heavy atom. The van der Waals surface area contributed by atoms with Crippen molar-refractivity contribution in [2.75, 3.05) is 0 Å². The van der Waals surface area contributed by atoms with Crippen LogP contribution < -0.4 is 0 Å². The van der Waals surface area contributed by atoms with E-state index in [1.54, 1.807) is 6.92 Å². The molecule has 0 amide bonds. The maximum absolute atomic E-state index is 12.4. The molecule has 0 aliphatic heterocycles. The van der Waals surface area contributed by atoms with E-state index in [4.69, 9.17) is 0 Å². The quantitative estimate of drug-likeness (QED) is 0.214. The van der Waals surface area contributed by atoms with E-state index < -0.39 is 33.0 Å². The number of carbonyl (C=O) groups excluding carboxylic acids is 2. The molecule has 0 saturated heterocycles. The Kier molecular flexibility index (Phi) is 6.85. The second-order valence-electron chi connectivity index (χ2n) is 6.01. The van der Waals surface area contributed by atoms with Gasteiger partial charge < -0.3 is 4.84 Å². The van der Waals surface area contributed by atoms with E-state index in [1.807, 2.05) is 0 Å². The van der Waals surface area contributed by atoms with Crippen LogP contribution >= 0.6 is 0 Å². The first-order chi connectivity index (χ1) is 13.7. The van der Waals surface area contributed by atoms with Crippen molar-refractivity contribution in [1.82, 2.24) is 0 Å². The third kappa shape index (κ3) is 5.28. The lowest BCUT2D eigenvalue weighted by Crippen LogP contribution is -2.12. The fraction of sp³-hybridized carbons (Fsp3) is 0.211. The van der Waals surface area contributed by atoms with E-state index in [9.17, 15) is 29.8 Å². The Bertz CT molecular complexity index is 997. The van der Waals surface area contributed by atoms with Crippen LogP contribution in [0, 0.1) is 20.2 Å². The third-order valence-electron chi connectivity index (χ3n) is 3.91. The Morgan fingerprint density at radius 3 is 2.24 bits per heavy atom. The number of nitrogens with zero attached hydrogens (tertiary/aromatic N) is 3. The highest BCUT2D eigenvalue weighted by Gasteiger charge is 2.21. The minimum Gasteiger partial charge on any atom is -0.318 e. The van der Waals surface area contributed by atoms with Crippen molar-refractivity contribution in [3.05, 3.63) is 68.3 Å². The second-order valence-corrected chi connectivity index (χ2v) is 6.01. The summed E-state index contributed by atoms with van der Waals surface area (Å²) < 4.78 is 0. The molecule has 10 nitrogen and oxygen atoms in total. The summed E-state index contributed by atoms with van der Waals surface area (Å²) in [4.78, 5) is 49.0. The summed E-state index contributed by atoms with van der Waals surface area (Å²) >= 11 is 0. The first kappa shape index (κ1) is 21.4. The molecule has 0 saturated carbocycles. The van der Waals surface area contributed by atoms with Gasteiger partial charge in [0.15, 0.2) is 0 Å². The van der Waals surface area contributed by atoms with Gasteiger partial charge in [-0.3, -0.25) is 25.0 Å². The van der Waals surface area contributed by atoms with Gasteiger partial charge in [-0.25, -0.2) is 4.79 Å². The van der Waals surface area contributed by atoms with Gasteiger partial charge in [0.05, 0.1) is 21.5 Å². The van der Waals surface area contributed by atoms with Gasteiger partial charge in [0.25, 0.3) is 11.4 Å². The molecule has 10 heteroatoms. The highest BCUT2D eigenvalue weighted by Crippen LogP contribution is 2.33. The van der Waals surface area contributed by atoms with Crippen LogP contribution in [-0.2, 0) is 9.63 Å². The van der Waals surface area contributed by atoms with Crippen LogP contribution in [0.2, 0.25) is 0 Å². The van der Waals surface area contributed by atoms with Crippen molar-refractivity contribution in [3.63, 3.8) is 0 Å². The minimum atomic E-state index is -0.714. The van der Waals surface area contributed by atoms with Crippen LogP contribution in [-0.4, -0.2) is 27.3 Å². The molecule has 0 heterocycles. The Labute approximate surface area is 165 Å². The second kappa shape index (κ2) is 9.31. The number of hydrogen-bond donors (Lipinski definition) is 0. The molecule has 0 aliphatic carbocycles. The molecule has 2 aromatic rings. The number of nitro groups is 2. The Balaban J connectivity index is 2.27. The molecular formula is C19H17N3O7. The van der Waals surface area contributed by atoms with Gasteiger partial charge in [-0.05, 0) is 25.0 Å². The average Bonchev–Trinajstić information content (AvgIpc) is 2.71. The van der Waals surface area contributed by atoms with E-state index in [-0.39, 0.29) is 23.3 Å². The van der Waals surface area contributed by atoms with E-state index in [0.717, 1.165) is 6.07 Å². The predicted molar refractivity (Wildman–Crippen MR) is 104 cm³/mol. The number of Topliss-reactive ketones (excluding diaryl/α,β-unsaturated/α-hetero) is 1. The molecule has 0 bridgehead atoms. The van der Waals surface area contributed by atoms with E-state index in [0.29, 0.717) is 12.0 Å². The summed E-state index contributed by atoms with van der Waals surface area (Å²) in [7, 11) is 0. The topological polar surface area (TPSA) is 142 Å². The molecule has 29 heavy (non-hydrogen) atoms. The smallest absolute Gasteiger partial charge is 0.318 e. The molecule has 0 radical (unpaired) electrons. The van der Waals surface area contributed by atoms with Crippen LogP contribution in [0.4, 0.5) is 11.4 Å². The SMILES string of the molecule is CCCC(=O)O/N=C(/C)C(=O)c1ccc(-c2ccc([N+](=O)[O-])cc2[N+](=O)[O-])cc1. The van der Waals surface area contributed by atoms with Crippen molar-refractivity contribution in [1.29, 1.82) is 0 Å². The van der Waals surface area contributed by atoms with E-state index in [1.165, 1.54) is 43.3 Å². The van der Waals surface area contributed by atoms with Crippen molar-refractivity contribution in [2.24, 2.45) is 5.16 Å². The Morgan fingerprint density at radius 2 is 1.69 bits per heavy atom. The highest BCUT2D eigenvalue weighted by molar-refractivity contribution is 6.45. The lowest BCUT2D eigenvalue weighted by Gasteiger charge is -2.05. The van der Waals surface area contributed by atoms with Gasteiger partial charge in [-0.2, -0.15) is 0 Å². The number of ketones is 1. The number of non-ortho nitro benzene ring substituents is 1. The molecular weight excluding hydrogens is 382 g/mol. The first-order valence-corrected chi connectivity index (χ1v) is 8.57. The number of hydrogen-bond acceptors (Lipinski definition) is 8. The van der Waals surface area contributed by atoms with Crippen LogP contribution in [0.1, 0.15) is 37.0 Å². The zero-order chi connectivity index (χ0) is 21.6. The van der Waals surface area contributed by atoms with E-state index in [2.05, 4.69) is 9.99 Å². The Hall–Kier alpha value is -3.95. The van der Waals surface area contributed by atoms with Crippen LogP contribution in [0.3, 0.4) is 0 Å². The molecule has 0 aliphatic rings. The largest absolute Gasteiger partial charge is 0.335 e. The number of oxime groups is 1. The number of rotatable bonds is 8. The summed E-state index contributed by atoms with van der Waals surface area (Å²) in [6.45, 7) is 3.20. The zero-order valence-electron chi connectivity index (χ0n) is 15.7. The summed E-state index contributed by atoms with van der Waals surface area (Å²) in [5.41, 5.74) is -0.00391. The van der Waals surface area contributed by atoms with Gasteiger partial charge in [0.1, 0.15) is 5.71 Å². The van der Waals surface area contributed by atoms with Gasteiger partial charge in [0, 0.05) is 18.1 Å². The molecule has 0 N–H and O–H groups in total. The summed E-state index contributed by atoms with van der Waals surface area (Å²) in [6.07, 6.45) is 0.783. The van der Waals surface area contributed by atoms with Crippen LogP contribution in [0.5, 0.6) is 0 Å². The van der Waals surface area contributed by atoms with Crippen molar-refractivity contribution in [3.8, 4) is 11.1 Å². The maximum Gasteiger partial charge on any atom is 0.335 e. The highest BCUT2D eigenvalue weighted by atomic mass is 16.7. The maximum atomic E-state index is 12.4. The van der Waals surface area contributed by atoms with Gasteiger partial charge in [0.2, 0.25) is 5.78 Å². The normalized spacial score (nSPS) is 11.0. The van der Waals surface area contributed by atoms with Crippen LogP contribution in [0.25, 0.3) is 11.1 Å². The lowest BCUT2D eigenvalue weighted by atomic mass is 9.99. The molecule has 0 unspecified atom stereocenters. The predicted octanol–water partition coefficient (Wildman–Crippen LogP) is 4.07. The summed E-state index contributed by atoms with van der Waals surface area (Å²) in [5, 5.41) is 25.6. The molecule has 0 atom stereocenters. The zero-order valence-corrected chi connectivity index (χ0v) is 15.7. The molecule has 2 aromatic carbocycles. The molecule has 0 fully saturated rings. The molecule has 0 aromatic heterocycles. The minimum absolute atomic E-state index is 0.0245. The third-order valence-corrected chi connectivity index (χ3v) is 3.91. The average molecular weight is 399 g/mol. The van der Waals surface area contributed by atoms with E-state index >= 15 is 0 Å². The standard InChI is InChI=1S/C19H17N3O7/c1-3-4-18(23)29-20-12(2)19(24)14-7-5-13(6-8-14)16-10-9-15(21(25)26)11-17(16)22(27)28/h5-11H,3-4H2,1-2H3/b20-12-. The van der Waals surface area contributed by atoms with Crippen molar-refractivity contribution >= 4 is 28.8 Å². The van der Waals surface area contributed by atoms with Gasteiger partial charge in [-0.1, -0.05) is 36.3 Å². The molecule has 150 valence electrons. The number of nitro benzene ring substituents is 2. The van der Waals surface area contributed by atoms with Crippen LogP contribution in [0.15, 0.2) is 47.6 Å². The lowest BCUT2D eigenvalue weighted by molar-refractivity contribution is -0.393. The van der Waals surface area contributed by atoms with Crippen molar-refractivity contribution < 1.29 is 24.3 Å². The fourth-order valence-electron chi connectivity index (χ4n) is 2.45. The van der Waals surface area contributed by atoms with Gasteiger partial charge in [-0.15, -0.1) is 0 Å². The monoisotopic (exact) mass is 399 g/mol. The number of benzene rings is 2.